The van der Waals surface area contributed by atoms with Crippen molar-refractivity contribution < 1.29 is 66.6 Å². The van der Waals surface area contributed by atoms with Crippen LogP contribution in [0.25, 0.3) is 0 Å². The third-order valence-corrected chi connectivity index (χ3v) is 7.10. The minimum absolute atomic E-state index is 0.0519. The number of alkyl carbamates (subject to hydrolysis) is 3. The van der Waals surface area contributed by atoms with Crippen LogP contribution in [0.3, 0.4) is 0 Å². The number of rotatable bonds is 33. The average molecular weight is 859 g/mol. The van der Waals surface area contributed by atoms with Gasteiger partial charge in [-0.25, -0.2) is 14.4 Å². The maximum absolute atomic E-state index is 12.7. The van der Waals surface area contributed by atoms with Gasteiger partial charge in [-0.3, -0.25) is 14.5 Å². The van der Waals surface area contributed by atoms with Crippen LogP contribution >= 0.6 is 0 Å². The van der Waals surface area contributed by atoms with Crippen LogP contribution in [0.5, 0.6) is 0 Å². The van der Waals surface area contributed by atoms with E-state index in [9.17, 15) is 24.0 Å². The number of nitrogens with one attached hydrogen (secondary N) is 5. The van der Waals surface area contributed by atoms with E-state index in [0.717, 1.165) is 5.56 Å². The molecule has 1 aromatic rings. The molecule has 0 radical (unpaired) electrons. The molecule has 0 spiro atoms. The van der Waals surface area contributed by atoms with E-state index in [1.165, 1.54) is 0 Å². The van der Waals surface area contributed by atoms with Crippen LogP contribution in [-0.2, 0) is 58.8 Å². The molecule has 5 N–H and O–H groups in total. The predicted molar refractivity (Wildman–Crippen MR) is 220 cm³/mol. The maximum atomic E-state index is 12.7. The van der Waals surface area contributed by atoms with Crippen LogP contribution in [0, 0.1) is 0 Å². The van der Waals surface area contributed by atoms with E-state index in [2.05, 4.69) is 26.6 Å². The summed E-state index contributed by atoms with van der Waals surface area (Å²) in [6.07, 6.45) is -1.55. The van der Waals surface area contributed by atoms with Crippen molar-refractivity contribution in [3.8, 4) is 0 Å². The van der Waals surface area contributed by atoms with Crippen molar-refractivity contribution in [1.29, 1.82) is 0 Å². The Morgan fingerprint density at radius 1 is 0.467 bits per heavy atom. The minimum atomic E-state index is -0.573. The molecule has 0 saturated heterocycles. The Kier molecular flexibility index (Phi) is 29.9. The Balaban J connectivity index is 2.30. The van der Waals surface area contributed by atoms with Gasteiger partial charge in [0.1, 0.15) is 17.8 Å². The summed E-state index contributed by atoms with van der Waals surface area (Å²) in [4.78, 5) is 62.3. The summed E-state index contributed by atoms with van der Waals surface area (Å²) in [6, 6.07) is 9.36. The third-order valence-electron chi connectivity index (χ3n) is 7.10. The highest BCUT2D eigenvalue weighted by Crippen LogP contribution is 2.07. The highest BCUT2D eigenvalue weighted by Gasteiger charge is 2.17. The van der Waals surface area contributed by atoms with E-state index in [4.69, 9.17) is 42.6 Å². The lowest BCUT2D eigenvalue weighted by Crippen LogP contribution is -2.45. The van der Waals surface area contributed by atoms with E-state index in [0.29, 0.717) is 59.3 Å². The number of nitrogens with zero attached hydrogens (tertiary/aromatic N) is 1. The molecule has 0 aromatic heterocycles. The molecule has 20 heteroatoms. The largest absolute Gasteiger partial charge is 0.445 e. The number of ether oxygens (including phenoxy) is 9. The van der Waals surface area contributed by atoms with Crippen molar-refractivity contribution in [2.75, 3.05) is 132 Å². The van der Waals surface area contributed by atoms with Gasteiger partial charge < -0.3 is 69.2 Å². The zero-order valence-corrected chi connectivity index (χ0v) is 36.4. The molecular formula is C40H70N6O14. The fourth-order valence-corrected chi connectivity index (χ4v) is 4.50. The molecule has 0 aliphatic carbocycles. The summed E-state index contributed by atoms with van der Waals surface area (Å²) in [5, 5.41) is 13.4. The van der Waals surface area contributed by atoms with Crippen LogP contribution in [0.2, 0.25) is 0 Å². The van der Waals surface area contributed by atoms with E-state index < -0.39 is 29.5 Å². The van der Waals surface area contributed by atoms with Gasteiger partial charge in [0.15, 0.2) is 0 Å². The maximum Gasteiger partial charge on any atom is 0.407 e. The van der Waals surface area contributed by atoms with Crippen LogP contribution in [-0.4, -0.2) is 178 Å². The minimum Gasteiger partial charge on any atom is -0.445 e. The molecular weight excluding hydrogens is 788 g/mol. The average Bonchev–Trinajstić information content (AvgIpc) is 3.16. The Labute approximate surface area is 354 Å². The first kappa shape index (κ1) is 53.7. The molecule has 0 unspecified atom stereocenters. The first-order chi connectivity index (χ1) is 28.6. The number of hydrogen-bond donors (Lipinski definition) is 5. The van der Waals surface area contributed by atoms with Gasteiger partial charge in [0.2, 0.25) is 11.8 Å². The van der Waals surface area contributed by atoms with Crippen LogP contribution in [0.15, 0.2) is 30.3 Å². The summed E-state index contributed by atoms with van der Waals surface area (Å²) in [5.74, 6) is -0.586. The zero-order chi connectivity index (χ0) is 44.3. The van der Waals surface area contributed by atoms with E-state index in [1.54, 1.807) is 46.4 Å². The standard InChI is InChI=1S/C40H70N6O14/c1-39(2,3)59-37(50)44-15-21-55-26-24-52-18-12-41-34(47)30-46(17-23-57-29-28-54-20-14-43-36(49)58-32-33-10-8-7-9-11-33)31-35(48)42-13-19-53-25-27-56-22-16-45-38(51)60-40(4,5)6/h7-11H,12-32H2,1-6H3,(H,41,47)(H,42,48)(H,43,49)(H,44,50)(H,45,51). The third kappa shape index (κ3) is 35.6. The molecule has 20 nitrogen and oxygen atoms in total. The highest BCUT2D eigenvalue weighted by atomic mass is 16.6. The normalized spacial score (nSPS) is 11.4. The van der Waals surface area contributed by atoms with Gasteiger partial charge in [0.05, 0.1) is 92.4 Å². The zero-order valence-electron chi connectivity index (χ0n) is 36.4. The number of benzene rings is 1. The number of carbonyl (C=O) groups excluding carboxylic acids is 5. The van der Waals surface area contributed by atoms with Crippen LogP contribution < -0.4 is 26.6 Å². The van der Waals surface area contributed by atoms with Crippen molar-refractivity contribution >= 4 is 30.1 Å². The molecule has 0 atom stereocenters. The molecule has 5 amide bonds. The molecule has 0 aliphatic heterocycles. The van der Waals surface area contributed by atoms with Gasteiger partial charge in [0.25, 0.3) is 0 Å². The second kappa shape index (κ2) is 33.4. The molecule has 0 aliphatic rings. The topological polar surface area (TPSA) is 232 Å². The first-order valence-corrected chi connectivity index (χ1v) is 20.2. The summed E-state index contributed by atoms with van der Waals surface area (Å²) >= 11 is 0. The van der Waals surface area contributed by atoms with E-state index in [-0.39, 0.29) is 90.8 Å². The summed E-state index contributed by atoms with van der Waals surface area (Å²) in [6.45, 7) is 15.9. The van der Waals surface area contributed by atoms with Crippen molar-refractivity contribution in [3.05, 3.63) is 35.9 Å². The van der Waals surface area contributed by atoms with Crippen molar-refractivity contribution in [2.24, 2.45) is 0 Å². The van der Waals surface area contributed by atoms with Gasteiger partial charge in [0, 0.05) is 39.3 Å². The Morgan fingerprint density at radius 3 is 1.20 bits per heavy atom. The Morgan fingerprint density at radius 2 is 0.817 bits per heavy atom. The number of amides is 5. The predicted octanol–water partition coefficient (Wildman–Crippen LogP) is 1.60. The molecule has 344 valence electrons. The first-order valence-electron chi connectivity index (χ1n) is 20.2. The smallest absolute Gasteiger partial charge is 0.407 e. The number of hydrogen-bond acceptors (Lipinski definition) is 15. The van der Waals surface area contributed by atoms with Gasteiger partial charge >= 0.3 is 18.3 Å². The molecule has 0 bridgehead atoms. The highest BCUT2D eigenvalue weighted by molar-refractivity contribution is 5.81. The monoisotopic (exact) mass is 858 g/mol. The lowest BCUT2D eigenvalue weighted by atomic mass is 10.2. The van der Waals surface area contributed by atoms with E-state index >= 15 is 0 Å². The molecule has 0 saturated carbocycles. The molecule has 1 rings (SSSR count). The summed E-state index contributed by atoms with van der Waals surface area (Å²) in [5.41, 5.74) is -0.256. The van der Waals surface area contributed by atoms with Crippen LogP contribution in [0.4, 0.5) is 14.4 Å². The van der Waals surface area contributed by atoms with Crippen molar-refractivity contribution in [1.82, 2.24) is 31.5 Å². The van der Waals surface area contributed by atoms with Crippen LogP contribution in [0.1, 0.15) is 47.1 Å². The molecule has 1 aromatic carbocycles. The summed E-state index contributed by atoms with van der Waals surface area (Å²) < 4.78 is 48.5. The number of carbonyl (C=O) groups is 5. The lowest BCUT2D eigenvalue weighted by molar-refractivity contribution is -0.125. The lowest BCUT2D eigenvalue weighted by Gasteiger charge is -2.21. The quantitative estimate of drug-likeness (QED) is 0.0499. The molecule has 60 heavy (non-hydrogen) atoms. The van der Waals surface area contributed by atoms with Gasteiger partial charge in [-0.1, -0.05) is 30.3 Å². The Bertz CT molecular complexity index is 1250. The van der Waals surface area contributed by atoms with E-state index in [1.807, 2.05) is 30.3 Å². The molecule has 0 heterocycles. The van der Waals surface area contributed by atoms with Crippen molar-refractivity contribution in [2.45, 2.75) is 59.4 Å². The second-order valence-electron chi connectivity index (χ2n) is 14.9. The van der Waals surface area contributed by atoms with Gasteiger partial charge in [-0.2, -0.15) is 0 Å². The fraction of sp³-hybridized carbons (Fsp3) is 0.725. The SMILES string of the molecule is CC(C)(C)OC(=O)NCCOCCOCCNC(=O)CN(CCOCCOCCNC(=O)OCc1ccccc1)CC(=O)NCCOCCOCCNC(=O)OC(C)(C)C. The molecule has 0 fully saturated rings. The Hall–Kier alpha value is -4.31. The second-order valence-corrected chi connectivity index (χ2v) is 14.9. The van der Waals surface area contributed by atoms with Crippen molar-refractivity contribution in [3.63, 3.8) is 0 Å². The van der Waals surface area contributed by atoms with Gasteiger partial charge in [-0.15, -0.1) is 0 Å². The summed E-state index contributed by atoms with van der Waals surface area (Å²) in [7, 11) is 0. The van der Waals surface area contributed by atoms with Gasteiger partial charge in [-0.05, 0) is 47.1 Å². The fourth-order valence-electron chi connectivity index (χ4n) is 4.50.